The average Bonchev–Trinajstić information content (AvgIpc) is 2.34. The van der Waals surface area contributed by atoms with E-state index in [4.69, 9.17) is 5.26 Å². The Kier molecular flexibility index (Phi) is 4.60. The molecule has 1 unspecified atom stereocenters. The van der Waals surface area contributed by atoms with E-state index < -0.39 is 6.10 Å². The molecule has 1 aromatic carbocycles. The first-order valence-electron chi connectivity index (χ1n) is 6.63. The van der Waals surface area contributed by atoms with Gasteiger partial charge in [-0.2, -0.15) is 5.26 Å². The van der Waals surface area contributed by atoms with Crippen LogP contribution in [0.4, 0.5) is 5.69 Å². The van der Waals surface area contributed by atoms with Crippen molar-refractivity contribution in [2.75, 3.05) is 11.9 Å². The molecule has 0 aliphatic carbocycles. The summed E-state index contributed by atoms with van der Waals surface area (Å²) in [6.07, 6.45) is -0.544. The second kappa shape index (κ2) is 5.63. The summed E-state index contributed by atoms with van der Waals surface area (Å²) in [4.78, 5) is 2.14. The zero-order valence-electron chi connectivity index (χ0n) is 12.7. The van der Waals surface area contributed by atoms with E-state index in [0.717, 1.165) is 11.3 Å². The molecule has 0 aromatic heterocycles. The van der Waals surface area contributed by atoms with Gasteiger partial charge in [0.25, 0.3) is 0 Å². The summed E-state index contributed by atoms with van der Waals surface area (Å²) in [7, 11) is 2.01. The maximum absolute atomic E-state index is 9.89. The molecule has 1 N–H and O–H groups in total. The fourth-order valence-electron chi connectivity index (χ4n) is 2.06. The predicted molar refractivity (Wildman–Crippen MR) is 79.1 cm³/mol. The van der Waals surface area contributed by atoms with Crippen LogP contribution in [0, 0.1) is 16.7 Å². The van der Waals surface area contributed by atoms with Crippen molar-refractivity contribution in [3.8, 4) is 6.07 Å². The molecule has 0 aliphatic rings. The molecule has 0 bridgehead atoms. The summed E-state index contributed by atoms with van der Waals surface area (Å²) in [5.74, 6) is 0. The number of anilines is 1. The van der Waals surface area contributed by atoms with E-state index in [1.54, 1.807) is 13.0 Å². The standard InChI is InChI=1S/C16H24N2O/c1-11(19)14-8-7-13(10-17)9-15(14)18(6)12(2)16(3,4)5/h7-9,11-12,19H,1-6H3/t11-,12?/m0/s1. The molecule has 0 aliphatic heterocycles. The summed E-state index contributed by atoms with van der Waals surface area (Å²) in [5, 5.41) is 18.9. The molecule has 3 nitrogen and oxygen atoms in total. The van der Waals surface area contributed by atoms with Gasteiger partial charge >= 0.3 is 0 Å². The third-order valence-electron chi connectivity index (χ3n) is 3.82. The van der Waals surface area contributed by atoms with E-state index in [-0.39, 0.29) is 5.41 Å². The molecule has 2 atom stereocenters. The molecule has 0 radical (unpaired) electrons. The average molecular weight is 260 g/mol. The normalized spacial score (nSPS) is 14.6. The Balaban J connectivity index is 3.27. The van der Waals surface area contributed by atoms with Crippen molar-refractivity contribution in [3.63, 3.8) is 0 Å². The van der Waals surface area contributed by atoms with Gasteiger partial charge in [-0.05, 0) is 31.4 Å². The van der Waals surface area contributed by atoms with Gasteiger partial charge in [-0.3, -0.25) is 0 Å². The van der Waals surface area contributed by atoms with E-state index >= 15 is 0 Å². The maximum atomic E-state index is 9.89. The van der Waals surface area contributed by atoms with E-state index in [1.165, 1.54) is 0 Å². The summed E-state index contributed by atoms with van der Waals surface area (Å²) in [6, 6.07) is 7.89. The maximum Gasteiger partial charge on any atom is 0.0992 e. The van der Waals surface area contributed by atoms with Crippen molar-refractivity contribution >= 4 is 5.69 Å². The van der Waals surface area contributed by atoms with Gasteiger partial charge in [0, 0.05) is 24.3 Å². The van der Waals surface area contributed by atoms with Crippen LogP contribution in [0.5, 0.6) is 0 Å². The van der Waals surface area contributed by atoms with Crippen molar-refractivity contribution in [1.82, 2.24) is 0 Å². The molecular weight excluding hydrogens is 236 g/mol. The number of nitrogens with zero attached hydrogens (tertiary/aromatic N) is 2. The number of aliphatic hydroxyl groups excluding tert-OH is 1. The minimum Gasteiger partial charge on any atom is -0.389 e. The Hall–Kier alpha value is -1.53. The van der Waals surface area contributed by atoms with Crippen molar-refractivity contribution in [2.45, 2.75) is 46.8 Å². The first-order chi connectivity index (χ1) is 8.68. The third-order valence-corrected chi connectivity index (χ3v) is 3.82. The van der Waals surface area contributed by atoms with Crippen LogP contribution in [0.15, 0.2) is 18.2 Å². The zero-order chi connectivity index (χ0) is 14.8. The lowest BCUT2D eigenvalue weighted by molar-refractivity contribution is 0.199. The third kappa shape index (κ3) is 3.48. The molecule has 3 heteroatoms. The number of hydrogen-bond donors (Lipinski definition) is 1. The Morgan fingerprint density at radius 3 is 2.26 bits per heavy atom. The molecule has 0 spiro atoms. The largest absolute Gasteiger partial charge is 0.389 e. The molecule has 0 saturated carbocycles. The van der Waals surface area contributed by atoms with E-state index in [2.05, 4.69) is 38.7 Å². The summed E-state index contributed by atoms with van der Waals surface area (Å²) >= 11 is 0. The fraction of sp³-hybridized carbons (Fsp3) is 0.562. The predicted octanol–water partition coefficient (Wildman–Crippen LogP) is 3.48. The van der Waals surface area contributed by atoms with Gasteiger partial charge in [0.2, 0.25) is 0 Å². The van der Waals surface area contributed by atoms with Gasteiger partial charge in [-0.25, -0.2) is 0 Å². The van der Waals surface area contributed by atoms with Crippen LogP contribution >= 0.6 is 0 Å². The Morgan fingerprint density at radius 2 is 1.84 bits per heavy atom. The quantitative estimate of drug-likeness (QED) is 0.905. The second-order valence-corrected chi connectivity index (χ2v) is 6.21. The lowest BCUT2D eigenvalue weighted by Crippen LogP contribution is -2.40. The second-order valence-electron chi connectivity index (χ2n) is 6.21. The minimum absolute atomic E-state index is 0.118. The number of hydrogen-bond acceptors (Lipinski definition) is 3. The minimum atomic E-state index is -0.544. The van der Waals surface area contributed by atoms with Gasteiger partial charge in [0.15, 0.2) is 0 Å². The Bertz CT molecular complexity index is 481. The van der Waals surface area contributed by atoms with Crippen LogP contribution < -0.4 is 4.90 Å². The van der Waals surface area contributed by atoms with Crippen molar-refractivity contribution in [1.29, 1.82) is 5.26 Å². The van der Waals surface area contributed by atoms with Crippen LogP contribution in [-0.2, 0) is 0 Å². The Morgan fingerprint density at radius 1 is 1.26 bits per heavy atom. The fourth-order valence-corrected chi connectivity index (χ4v) is 2.06. The molecule has 0 fully saturated rings. The van der Waals surface area contributed by atoms with Gasteiger partial charge < -0.3 is 10.0 Å². The summed E-state index contributed by atoms with van der Waals surface area (Å²) in [6.45, 7) is 10.5. The molecular formula is C16H24N2O. The van der Waals surface area contributed by atoms with E-state index in [0.29, 0.717) is 11.6 Å². The number of benzene rings is 1. The van der Waals surface area contributed by atoms with Crippen molar-refractivity contribution in [3.05, 3.63) is 29.3 Å². The highest BCUT2D eigenvalue weighted by Crippen LogP contribution is 2.32. The van der Waals surface area contributed by atoms with E-state index in [9.17, 15) is 5.11 Å². The SMILES string of the molecule is CC(N(C)c1cc(C#N)ccc1[C@H](C)O)C(C)(C)C. The first kappa shape index (κ1) is 15.5. The zero-order valence-corrected chi connectivity index (χ0v) is 12.7. The highest BCUT2D eigenvalue weighted by molar-refractivity contribution is 5.58. The van der Waals surface area contributed by atoms with Crippen LogP contribution in [0.3, 0.4) is 0 Å². The lowest BCUT2D eigenvalue weighted by Gasteiger charge is -2.38. The van der Waals surface area contributed by atoms with Gasteiger partial charge in [-0.15, -0.1) is 0 Å². The van der Waals surface area contributed by atoms with Crippen LogP contribution in [0.25, 0.3) is 0 Å². The van der Waals surface area contributed by atoms with E-state index in [1.807, 2.05) is 19.2 Å². The topological polar surface area (TPSA) is 47.3 Å². The number of aliphatic hydroxyl groups is 1. The highest BCUT2D eigenvalue weighted by Gasteiger charge is 2.26. The number of rotatable bonds is 3. The lowest BCUT2D eigenvalue weighted by atomic mass is 9.86. The summed E-state index contributed by atoms with van der Waals surface area (Å²) in [5.41, 5.74) is 2.52. The molecule has 0 saturated heterocycles. The molecule has 1 rings (SSSR count). The van der Waals surface area contributed by atoms with Crippen LogP contribution in [0.2, 0.25) is 0 Å². The first-order valence-corrected chi connectivity index (χ1v) is 6.63. The smallest absolute Gasteiger partial charge is 0.0992 e. The van der Waals surface area contributed by atoms with Crippen LogP contribution in [-0.4, -0.2) is 18.2 Å². The Labute approximate surface area is 116 Å². The van der Waals surface area contributed by atoms with Crippen molar-refractivity contribution in [2.24, 2.45) is 5.41 Å². The van der Waals surface area contributed by atoms with Gasteiger partial charge in [-0.1, -0.05) is 26.8 Å². The molecule has 0 amide bonds. The highest BCUT2D eigenvalue weighted by atomic mass is 16.3. The molecule has 0 heterocycles. The van der Waals surface area contributed by atoms with Gasteiger partial charge in [0.1, 0.15) is 0 Å². The molecule has 1 aromatic rings. The molecule has 104 valence electrons. The van der Waals surface area contributed by atoms with Gasteiger partial charge in [0.05, 0.1) is 17.7 Å². The monoisotopic (exact) mass is 260 g/mol. The number of nitriles is 1. The summed E-state index contributed by atoms with van der Waals surface area (Å²) < 4.78 is 0. The van der Waals surface area contributed by atoms with Crippen LogP contribution in [0.1, 0.15) is 51.8 Å². The van der Waals surface area contributed by atoms with Crippen molar-refractivity contribution < 1.29 is 5.11 Å². The molecule has 19 heavy (non-hydrogen) atoms.